The summed E-state index contributed by atoms with van der Waals surface area (Å²) >= 11 is 3.40. The average molecular weight is 311 g/mol. The van der Waals surface area contributed by atoms with Crippen LogP contribution in [0.5, 0.6) is 0 Å². The highest BCUT2D eigenvalue weighted by Gasteiger charge is 2.28. The van der Waals surface area contributed by atoms with Crippen molar-refractivity contribution in [3.8, 4) is 0 Å². The highest BCUT2D eigenvalue weighted by molar-refractivity contribution is 9.10. The van der Waals surface area contributed by atoms with Gasteiger partial charge < -0.3 is 11.1 Å². The number of hydrogen-bond donors (Lipinski definition) is 2. The van der Waals surface area contributed by atoms with Gasteiger partial charge in [-0.3, -0.25) is 4.79 Å². The summed E-state index contributed by atoms with van der Waals surface area (Å²) in [7, 11) is 0. The Morgan fingerprint density at radius 3 is 2.61 bits per heavy atom. The van der Waals surface area contributed by atoms with E-state index in [1.807, 2.05) is 31.2 Å². The van der Waals surface area contributed by atoms with Crippen LogP contribution in [0.15, 0.2) is 28.7 Å². The van der Waals surface area contributed by atoms with Gasteiger partial charge in [0.1, 0.15) is 0 Å². The normalized spacial score (nSPS) is 24.8. The molecule has 0 heterocycles. The predicted molar refractivity (Wildman–Crippen MR) is 76.0 cm³/mol. The maximum Gasteiger partial charge on any atom is 0.223 e. The van der Waals surface area contributed by atoms with Crippen LogP contribution in [0.1, 0.15) is 37.8 Å². The summed E-state index contributed by atoms with van der Waals surface area (Å²) < 4.78 is 1.05. The van der Waals surface area contributed by atoms with Crippen LogP contribution >= 0.6 is 15.9 Å². The third kappa shape index (κ3) is 3.33. The van der Waals surface area contributed by atoms with E-state index in [1.54, 1.807) is 0 Å². The van der Waals surface area contributed by atoms with Crippen molar-refractivity contribution in [1.82, 2.24) is 5.32 Å². The second-order valence-corrected chi connectivity index (χ2v) is 5.97. The van der Waals surface area contributed by atoms with E-state index in [0.717, 1.165) is 29.3 Å². The zero-order chi connectivity index (χ0) is 13.1. The van der Waals surface area contributed by atoms with Crippen molar-refractivity contribution < 1.29 is 4.79 Å². The molecule has 98 valence electrons. The SMILES string of the molecule is C[C@@H](NC(=O)C1CCC(N)C1)c1ccc(Br)cc1. The van der Waals surface area contributed by atoms with E-state index in [0.29, 0.717) is 0 Å². The second kappa shape index (κ2) is 5.85. The van der Waals surface area contributed by atoms with Crippen LogP contribution in [-0.2, 0) is 4.79 Å². The van der Waals surface area contributed by atoms with Gasteiger partial charge in [0, 0.05) is 16.4 Å². The van der Waals surface area contributed by atoms with E-state index in [4.69, 9.17) is 5.73 Å². The molecule has 1 saturated carbocycles. The number of carbonyl (C=O) groups is 1. The van der Waals surface area contributed by atoms with Gasteiger partial charge >= 0.3 is 0 Å². The molecule has 0 radical (unpaired) electrons. The maximum absolute atomic E-state index is 12.1. The first kappa shape index (κ1) is 13.6. The van der Waals surface area contributed by atoms with Gasteiger partial charge in [0.05, 0.1) is 6.04 Å². The van der Waals surface area contributed by atoms with E-state index < -0.39 is 0 Å². The standard InChI is InChI=1S/C14H19BrN2O/c1-9(10-2-5-12(15)6-3-10)17-14(18)11-4-7-13(16)8-11/h2-3,5-6,9,11,13H,4,7-8,16H2,1H3,(H,17,18)/t9-,11?,13?/m1/s1. The minimum Gasteiger partial charge on any atom is -0.349 e. The fourth-order valence-corrected chi connectivity index (χ4v) is 2.68. The van der Waals surface area contributed by atoms with Gasteiger partial charge in [-0.25, -0.2) is 0 Å². The van der Waals surface area contributed by atoms with Gasteiger partial charge in [0.15, 0.2) is 0 Å². The Labute approximate surface area is 116 Å². The maximum atomic E-state index is 12.1. The lowest BCUT2D eigenvalue weighted by Crippen LogP contribution is -2.32. The molecule has 1 aromatic carbocycles. The summed E-state index contributed by atoms with van der Waals surface area (Å²) in [6, 6.07) is 8.27. The molecular formula is C14H19BrN2O. The molecule has 0 spiro atoms. The molecule has 4 heteroatoms. The molecule has 0 bridgehead atoms. The minimum atomic E-state index is 0.0439. The lowest BCUT2D eigenvalue weighted by atomic mass is 10.0. The highest BCUT2D eigenvalue weighted by atomic mass is 79.9. The summed E-state index contributed by atoms with van der Waals surface area (Å²) in [6.45, 7) is 2.01. The van der Waals surface area contributed by atoms with E-state index in [-0.39, 0.29) is 23.9 Å². The van der Waals surface area contributed by atoms with E-state index >= 15 is 0 Å². The van der Waals surface area contributed by atoms with Crippen LogP contribution in [-0.4, -0.2) is 11.9 Å². The van der Waals surface area contributed by atoms with Crippen molar-refractivity contribution in [1.29, 1.82) is 0 Å². The fraction of sp³-hybridized carbons (Fsp3) is 0.500. The monoisotopic (exact) mass is 310 g/mol. The first-order chi connectivity index (χ1) is 8.56. The first-order valence-electron chi connectivity index (χ1n) is 6.37. The highest BCUT2D eigenvalue weighted by Crippen LogP contribution is 2.25. The van der Waals surface area contributed by atoms with Crippen LogP contribution in [0.25, 0.3) is 0 Å². The van der Waals surface area contributed by atoms with Crippen molar-refractivity contribution in [3.05, 3.63) is 34.3 Å². The largest absolute Gasteiger partial charge is 0.349 e. The third-order valence-corrected chi connectivity index (χ3v) is 4.10. The number of carbonyl (C=O) groups excluding carboxylic acids is 1. The Hall–Kier alpha value is -0.870. The number of nitrogens with one attached hydrogen (secondary N) is 1. The van der Waals surface area contributed by atoms with E-state index in [9.17, 15) is 4.79 Å². The van der Waals surface area contributed by atoms with Gasteiger partial charge in [-0.2, -0.15) is 0 Å². The molecule has 1 aliphatic rings. The lowest BCUT2D eigenvalue weighted by Gasteiger charge is -2.17. The molecule has 0 aromatic heterocycles. The van der Waals surface area contributed by atoms with Crippen LogP contribution < -0.4 is 11.1 Å². The number of hydrogen-bond acceptors (Lipinski definition) is 2. The molecule has 18 heavy (non-hydrogen) atoms. The van der Waals surface area contributed by atoms with E-state index in [1.165, 1.54) is 0 Å². The van der Waals surface area contributed by atoms with Crippen molar-refractivity contribution in [2.45, 2.75) is 38.3 Å². The lowest BCUT2D eigenvalue weighted by molar-refractivity contribution is -0.125. The zero-order valence-electron chi connectivity index (χ0n) is 10.5. The second-order valence-electron chi connectivity index (χ2n) is 5.05. The van der Waals surface area contributed by atoms with E-state index in [2.05, 4.69) is 21.2 Å². The van der Waals surface area contributed by atoms with Gasteiger partial charge in [-0.15, -0.1) is 0 Å². The molecule has 1 fully saturated rings. The van der Waals surface area contributed by atoms with Crippen LogP contribution in [0.3, 0.4) is 0 Å². The number of amides is 1. The Bertz CT molecular complexity index is 418. The Morgan fingerprint density at radius 2 is 2.06 bits per heavy atom. The molecule has 0 saturated heterocycles. The molecule has 1 aliphatic carbocycles. The van der Waals surface area contributed by atoms with Crippen molar-refractivity contribution in [2.24, 2.45) is 11.7 Å². The van der Waals surface area contributed by atoms with Gasteiger partial charge in [-0.05, 0) is 43.9 Å². The molecule has 2 unspecified atom stereocenters. The van der Waals surface area contributed by atoms with Crippen molar-refractivity contribution in [2.75, 3.05) is 0 Å². The topological polar surface area (TPSA) is 55.1 Å². The molecule has 0 aliphatic heterocycles. The number of benzene rings is 1. The molecule has 1 aromatic rings. The van der Waals surface area contributed by atoms with Crippen LogP contribution in [0.4, 0.5) is 0 Å². The minimum absolute atomic E-state index is 0.0439. The summed E-state index contributed by atoms with van der Waals surface area (Å²) in [5.41, 5.74) is 6.96. The van der Waals surface area contributed by atoms with Crippen LogP contribution in [0, 0.1) is 5.92 Å². The number of rotatable bonds is 3. The average Bonchev–Trinajstić information content (AvgIpc) is 2.76. The Kier molecular flexibility index (Phi) is 4.40. The number of halogens is 1. The van der Waals surface area contributed by atoms with Gasteiger partial charge in [-0.1, -0.05) is 28.1 Å². The zero-order valence-corrected chi connectivity index (χ0v) is 12.1. The quantitative estimate of drug-likeness (QED) is 0.902. The Morgan fingerprint density at radius 1 is 1.39 bits per heavy atom. The summed E-state index contributed by atoms with van der Waals surface area (Å²) in [6.07, 6.45) is 2.70. The smallest absolute Gasteiger partial charge is 0.223 e. The van der Waals surface area contributed by atoms with Crippen LogP contribution in [0.2, 0.25) is 0 Å². The Balaban J connectivity index is 1.92. The molecule has 3 atom stereocenters. The fourth-order valence-electron chi connectivity index (χ4n) is 2.42. The molecule has 2 rings (SSSR count). The summed E-state index contributed by atoms with van der Waals surface area (Å²) in [5, 5.41) is 3.07. The summed E-state index contributed by atoms with van der Waals surface area (Å²) in [4.78, 5) is 12.1. The van der Waals surface area contributed by atoms with Crippen molar-refractivity contribution >= 4 is 21.8 Å². The van der Waals surface area contributed by atoms with Gasteiger partial charge in [0.25, 0.3) is 0 Å². The van der Waals surface area contributed by atoms with Crippen molar-refractivity contribution in [3.63, 3.8) is 0 Å². The summed E-state index contributed by atoms with van der Waals surface area (Å²) in [5.74, 6) is 0.233. The number of nitrogens with two attached hydrogens (primary N) is 1. The molecular weight excluding hydrogens is 292 g/mol. The van der Waals surface area contributed by atoms with Gasteiger partial charge in [0.2, 0.25) is 5.91 Å². The molecule has 3 N–H and O–H groups in total. The first-order valence-corrected chi connectivity index (χ1v) is 7.17. The predicted octanol–water partition coefficient (Wildman–Crippen LogP) is 2.75. The third-order valence-electron chi connectivity index (χ3n) is 3.57. The molecule has 1 amide bonds. The molecule has 3 nitrogen and oxygen atoms in total.